The van der Waals surface area contributed by atoms with E-state index in [1.54, 1.807) is 20.3 Å². The van der Waals surface area contributed by atoms with E-state index >= 15 is 0 Å². The molecule has 1 heterocycles. The molecule has 0 unspecified atom stereocenters. The summed E-state index contributed by atoms with van der Waals surface area (Å²) in [5, 5.41) is 10.2. The molecule has 0 spiro atoms. The van der Waals surface area contributed by atoms with Gasteiger partial charge in [-0.25, -0.2) is 0 Å². The van der Waals surface area contributed by atoms with Crippen LogP contribution in [0.3, 0.4) is 0 Å². The standard InChI is InChI=1S/C23H28O6/c1-25-19-9-5-17(6-10-19)14-27-13-3-4-21(24)23-22(29-23)16-28-15-18-7-11-20(26-2)12-8-18/h3-12,21-24H,13-16H2,1-2H3/b4-3+/t21-,22+,23+/m1/s1. The highest BCUT2D eigenvalue weighted by Crippen LogP contribution is 2.27. The van der Waals surface area contributed by atoms with Crippen molar-refractivity contribution in [3.8, 4) is 11.5 Å². The molecule has 2 aromatic rings. The van der Waals surface area contributed by atoms with Crippen molar-refractivity contribution >= 4 is 0 Å². The number of hydrogen-bond acceptors (Lipinski definition) is 6. The number of aliphatic hydroxyl groups is 1. The second-order valence-corrected chi connectivity index (χ2v) is 6.78. The molecular formula is C23H28O6. The minimum absolute atomic E-state index is 0.0758. The van der Waals surface area contributed by atoms with Crippen molar-refractivity contribution in [3.05, 3.63) is 71.8 Å². The van der Waals surface area contributed by atoms with Crippen LogP contribution in [-0.2, 0) is 27.4 Å². The van der Waals surface area contributed by atoms with E-state index in [-0.39, 0.29) is 12.2 Å². The van der Waals surface area contributed by atoms with E-state index in [0.29, 0.717) is 26.4 Å². The summed E-state index contributed by atoms with van der Waals surface area (Å²) in [4.78, 5) is 0. The summed E-state index contributed by atoms with van der Waals surface area (Å²) in [6.45, 7) is 1.89. The summed E-state index contributed by atoms with van der Waals surface area (Å²) in [6.07, 6.45) is 2.57. The zero-order chi connectivity index (χ0) is 20.5. The lowest BCUT2D eigenvalue weighted by Gasteiger charge is -2.05. The lowest BCUT2D eigenvalue weighted by atomic mass is 10.2. The van der Waals surface area contributed by atoms with Gasteiger partial charge in [0.15, 0.2) is 0 Å². The van der Waals surface area contributed by atoms with Gasteiger partial charge in [-0.05, 0) is 35.4 Å². The van der Waals surface area contributed by atoms with Gasteiger partial charge in [0.1, 0.15) is 29.8 Å². The van der Waals surface area contributed by atoms with E-state index in [9.17, 15) is 5.11 Å². The molecule has 1 aliphatic rings. The van der Waals surface area contributed by atoms with Gasteiger partial charge in [-0.15, -0.1) is 0 Å². The Labute approximate surface area is 171 Å². The largest absolute Gasteiger partial charge is 0.497 e. The van der Waals surface area contributed by atoms with Gasteiger partial charge in [0.25, 0.3) is 0 Å². The van der Waals surface area contributed by atoms with Crippen molar-refractivity contribution in [3.63, 3.8) is 0 Å². The van der Waals surface area contributed by atoms with Crippen LogP contribution in [0.15, 0.2) is 60.7 Å². The van der Waals surface area contributed by atoms with Crippen LogP contribution >= 0.6 is 0 Å². The van der Waals surface area contributed by atoms with E-state index in [1.165, 1.54) is 0 Å². The minimum atomic E-state index is -0.658. The maximum Gasteiger partial charge on any atom is 0.118 e. The van der Waals surface area contributed by atoms with Gasteiger partial charge < -0.3 is 28.8 Å². The van der Waals surface area contributed by atoms with Crippen LogP contribution in [0.4, 0.5) is 0 Å². The maximum absolute atomic E-state index is 10.2. The molecule has 6 heteroatoms. The molecule has 3 rings (SSSR count). The van der Waals surface area contributed by atoms with Gasteiger partial charge in [0.2, 0.25) is 0 Å². The van der Waals surface area contributed by atoms with E-state index in [0.717, 1.165) is 22.6 Å². The fourth-order valence-corrected chi connectivity index (χ4v) is 2.88. The number of aliphatic hydroxyl groups excluding tert-OH is 1. The van der Waals surface area contributed by atoms with Crippen molar-refractivity contribution in [2.75, 3.05) is 27.4 Å². The van der Waals surface area contributed by atoms with Crippen molar-refractivity contribution in [2.45, 2.75) is 31.5 Å². The Hall–Kier alpha value is -2.38. The van der Waals surface area contributed by atoms with Crippen molar-refractivity contribution in [1.29, 1.82) is 0 Å². The van der Waals surface area contributed by atoms with Crippen molar-refractivity contribution in [1.82, 2.24) is 0 Å². The average molecular weight is 400 g/mol. The SMILES string of the molecule is COc1ccc(COC/C=C/[C@@H](O)[C@@H]2O[C@H]2COCc2ccc(OC)cc2)cc1. The van der Waals surface area contributed by atoms with Gasteiger partial charge in [-0.2, -0.15) is 0 Å². The van der Waals surface area contributed by atoms with Crippen molar-refractivity contribution < 1.29 is 28.8 Å². The molecule has 156 valence electrons. The summed E-state index contributed by atoms with van der Waals surface area (Å²) in [6, 6.07) is 15.5. The molecule has 29 heavy (non-hydrogen) atoms. The van der Waals surface area contributed by atoms with Crippen LogP contribution in [-0.4, -0.2) is 50.9 Å². The van der Waals surface area contributed by atoms with Crippen molar-refractivity contribution in [2.24, 2.45) is 0 Å². The van der Waals surface area contributed by atoms with Gasteiger partial charge in [0, 0.05) is 0 Å². The first-order valence-corrected chi connectivity index (χ1v) is 9.61. The Balaban J connectivity index is 1.27. The van der Waals surface area contributed by atoms with E-state index < -0.39 is 6.10 Å². The summed E-state index contributed by atoms with van der Waals surface area (Å²) < 4.78 is 27.0. The van der Waals surface area contributed by atoms with Gasteiger partial charge >= 0.3 is 0 Å². The van der Waals surface area contributed by atoms with Crippen LogP contribution in [0.25, 0.3) is 0 Å². The third-order valence-corrected chi connectivity index (χ3v) is 4.64. The molecule has 0 aliphatic carbocycles. The third-order valence-electron chi connectivity index (χ3n) is 4.64. The fourth-order valence-electron chi connectivity index (χ4n) is 2.88. The van der Waals surface area contributed by atoms with Gasteiger partial charge in [-0.1, -0.05) is 36.4 Å². The highest BCUT2D eigenvalue weighted by Gasteiger charge is 2.43. The Kier molecular flexibility index (Phi) is 8.07. The molecule has 1 fully saturated rings. The third kappa shape index (κ3) is 6.87. The lowest BCUT2D eigenvalue weighted by molar-refractivity contribution is 0.104. The highest BCUT2D eigenvalue weighted by atomic mass is 16.6. The first-order chi connectivity index (χ1) is 14.2. The Morgan fingerprint density at radius 3 is 2.00 bits per heavy atom. The smallest absolute Gasteiger partial charge is 0.118 e. The summed E-state index contributed by atoms with van der Waals surface area (Å²) in [7, 11) is 3.28. The lowest BCUT2D eigenvalue weighted by Crippen LogP contribution is -2.16. The predicted octanol–water partition coefficient (Wildman–Crippen LogP) is 3.12. The van der Waals surface area contributed by atoms with Crippen LogP contribution in [0.2, 0.25) is 0 Å². The second kappa shape index (κ2) is 11.0. The summed E-state index contributed by atoms with van der Waals surface area (Å²) in [5.41, 5.74) is 2.14. The number of methoxy groups -OCH3 is 2. The quantitative estimate of drug-likeness (QED) is 0.335. The second-order valence-electron chi connectivity index (χ2n) is 6.78. The minimum Gasteiger partial charge on any atom is -0.497 e. The van der Waals surface area contributed by atoms with E-state index in [1.807, 2.05) is 54.6 Å². The summed E-state index contributed by atoms with van der Waals surface area (Å²) >= 11 is 0. The normalized spacial score (nSPS) is 19.3. The van der Waals surface area contributed by atoms with E-state index in [2.05, 4.69) is 0 Å². The molecule has 2 aromatic carbocycles. The zero-order valence-electron chi connectivity index (χ0n) is 16.8. The number of hydrogen-bond donors (Lipinski definition) is 1. The molecule has 1 saturated heterocycles. The number of benzene rings is 2. The molecule has 0 saturated carbocycles. The van der Waals surface area contributed by atoms with Crippen LogP contribution in [0.5, 0.6) is 11.5 Å². The zero-order valence-corrected chi connectivity index (χ0v) is 16.8. The number of epoxide rings is 1. The fraction of sp³-hybridized carbons (Fsp3) is 0.391. The van der Waals surface area contributed by atoms with E-state index in [4.69, 9.17) is 23.7 Å². The predicted molar refractivity (Wildman–Crippen MR) is 109 cm³/mol. The van der Waals surface area contributed by atoms with Crippen LogP contribution < -0.4 is 9.47 Å². The molecule has 6 nitrogen and oxygen atoms in total. The number of ether oxygens (including phenoxy) is 5. The van der Waals surface area contributed by atoms with Crippen LogP contribution in [0.1, 0.15) is 11.1 Å². The highest BCUT2D eigenvalue weighted by molar-refractivity contribution is 5.27. The first kappa shape index (κ1) is 21.3. The summed E-state index contributed by atoms with van der Waals surface area (Å²) in [5.74, 6) is 1.64. The Morgan fingerprint density at radius 1 is 0.897 bits per heavy atom. The van der Waals surface area contributed by atoms with Crippen LogP contribution in [0, 0.1) is 0 Å². The first-order valence-electron chi connectivity index (χ1n) is 9.61. The Morgan fingerprint density at radius 2 is 1.45 bits per heavy atom. The monoisotopic (exact) mass is 400 g/mol. The molecular weight excluding hydrogens is 372 g/mol. The molecule has 0 aromatic heterocycles. The molecule has 1 N–H and O–H groups in total. The number of rotatable bonds is 12. The average Bonchev–Trinajstić information content (AvgIpc) is 3.54. The maximum atomic E-state index is 10.2. The molecule has 1 aliphatic heterocycles. The molecule has 0 bridgehead atoms. The van der Waals surface area contributed by atoms with Gasteiger partial charge in [0.05, 0.1) is 40.6 Å². The molecule has 0 radical (unpaired) electrons. The molecule has 3 atom stereocenters. The topological polar surface area (TPSA) is 69.7 Å². The van der Waals surface area contributed by atoms with Gasteiger partial charge in [-0.3, -0.25) is 0 Å². The molecule has 0 amide bonds. The Bertz CT molecular complexity index is 756.